The molecule has 0 spiro atoms. The number of nitrogens with zero attached hydrogens (tertiary/aromatic N) is 2. The van der Waals surface area contributed by atoms with E-state index in [2.05, 4.69) is 4.98 Å². The van der Waals surface area contributed by atoms with E-state index in [0.29, 0.717) is 5.82 Å². The number of aryl methyl sites for hydroxylation is 1. The minimum Gasteiger partial charge on any atom is -0.332 e. The van der Waals surface area contributed by atoms with Crippen molar-refractivity contribution in [1.29, 1.82) is 0 Å². The van der Waals surface area contributed by atoms with E-state index in [-0.39, 0.29) is 18.0 Å². The van der Waals surface area contributed by atoms with Crippen LogP contribution >= 0.6 is 0 Å². The maximum Gasteiger partial charge on any atom is 0.199 e. The smallest absolute Gasteiger partial charge is 0.199 e. The Balaban J connectivity index is 2.65. The molecule has 14 heavy (non-hydrogen) atoms. The number of rotatable bonds is 4. The number of ketones is 1. The van der Waals surface area contributed by atoms with Crippen molar-refractivity contribution in [2.45, 2.75) is 6.42 Å². The van der Waals surface area contributed by atoms with Crippen molar-refractivity contribution in [2.75, 3.05) is 12.0 Å². The van der Waals surface area contributed by atoms with Crippen LogP contribution in [0.15, 0.2) is 12.4 Å². The van der Waals surface area contributed by atoms with Gasteiger partial charge in [-0.25, -0.2) is 13.4 Å². The molecule has 0 bridgehead atoms. The summed E-state index contributed by atoms with van der Waals surface area (Å²) in [6.45, 7) is 0. The third-order valence-corrected chi connectivity index (χ3v) is 2.72. The van der Waals surface area contributed by atoms with Gasteiger partial charge in [-0.1, -0.05) is 0 Å². The molecule has 0 aliphatic heterocycles. The van der Waals surface area contributed by atoms with Crippen LogP contribution in [0.5, 0.6) is 0 Å². The number of carbonyl (C=O) groups excluding carboxylic acids is 1. The van der Waals surface area contributed by atoms with Gasteiger partial charge in [-0.15, -0.1) is 0 Å². The second-order valence-corrected chi connectivity index (χ2v) is 5.42. The summed E-state index contributed by atoms with van der Waals surface area (Å²) >= 11 is 0. The Kier molecular flexibility index (Phi) is 3.05. The molecule has 1 aromatic rings. The molecule has 5 nitrogen and oxygen atoms in total. The lowest BCUT2D eigenvalue weighted by Gasteiger charge is -1.99. The topological polar surface area (TPSA) is 69.0 Å². The largest absolute Gasteiger partial charge is 0.332 e. The molecule has 1 aromatic heterocycles. The predicted octanol–water partition coefficient (Wildman–Crippen LogP) is 0.0375. The Morgan fingerprint density at radius 3 is 2.64 bits per heavy atom. The third kappa shape index (κ3) is 2.95. The fourth-order valence-electron chi connectivity index (χ4n) is 1.02. The normalized spacial score (nSPS) is 11.6. The van der Waals surface area contributed by atoms with Crippen molar-refractivity contribution in [2.24, 2.45) is 7.05 Å². The SMILES string of the molecule is Cn1ccnc1C(=O)CCS(C)(=O)=O. The van der Waals surface area contributed by atoms with Gasteiger partial charge in [0.05, 0.1) is 5.75 Å². The first-order chi connectivity index (χ1) is 6.40. The second kappa shape index (κ2) is 3.91. The van der Waals surface area contributed by atoms with Crippen molar-refractivity contribution in [1.82, 2.24) is 9.55 Å². The predicted molar refractivity (Wildman–Crippen MR) is 51.9 cm³/mol. The van der Waals surface area contributed by atoms with Crippen LogP contribution in [0.1, 0.15) is 17.0 Å². The minimum absolute atomic E-state index is 0.0102. The molecule has 6 heteroatoms. The standard InChI is InChI=1S/C8H12N2O3S/c1-10-5-4-9-8(10)7(11)3-6-14(2,12)13/h4-5H,3,6H2,1-2H3. The number of hydrogen-bond acceptors (Lipinski definition) is 4. The monoisotopic (exact) mass is 216 g/mol. The van der Waals surface area contributed by atoms with Crippen molar-refractivity contribution in [3.63, 3.8) is 0 Å². The molecule has 0 amide bonds. The molecule has 0 aliphatic rings. The molecule has 0 fully saturated rings. The molecule has 1 heterocycles. The zero-order valence-corrected chi connectivity index (χ0v) is 8.91. The van der Waals surface area contributed by atoms with Crippen LogP contribution in [0.3, 0.4) is 0 Å². The van der Waals surface area contributed by atoms with E-state index >= 15 is 0 Å². The molecule has 0 aromatic carbocycles. The molecule has 0 saturated heterocycles. The van der Waals surface area contributed by atoms with E-state index in [4.69, 9.17) is 0 Å². The van der Waals surface area contributed by atoms with Gasteiger partial charge in [-0.2, -0.15) is 0 Å². The Morgan fingerprint density at radius 1 is 1.57 bits per heavy atom. The fraction of sp³-hybridized carbons (Fsp3) is 0.500. The first-order valence-electron chi connectivity index (χ1n) is 4.08. The molecule has 0 saturated carbocycles. The molecule has 0 atom stereocenters. The second-order valence-electron chi connectivity index (χ2n) is 3.16. The lowest BCUT2D eigenvalue weighted by Crippen LogP contribution is -2.13. The van der Waals surface area contributed by atoms with Gasteiger partial charge in [0.2, 0.25) is 0 Å². The number of imidazole rings is 1. The summed E-state index contributed by atoms with van der Waals surface area (Å²) in [6.07, 6.45) is 4.25. The zero-order valence-electron chi connectivity index (χ0n) is 8.10. The van der Waals surface area contributed by atoms with E-state index in [9.17, 15) is 13.2 Å². The summed E-state index contributed by atoms with van der Waals surface area (Å²) in [5, 5.41) is 0. The molecule has 0 unspecified atom stereocenters. The molecule has 78 valence electrons. The number of Topliss-reactive ketones (excluding diaryl/α,β-unsaturated/α-hetero) is 1. The summed E-state index contributed by atoms with van der Waals surface area (Å²) in [5.41, 5.74) is 0. The van der Waals surface area contributed by atoms with E-state index in [1.54, 1.807) is 17.8 Å². The lowest BCUT2D eigenvalue weighted by atomic mass is 10.3. The van der Waals surface area contributed by atoms with Crippen LogP contribution < -0.4 is 0 Å². The molecular weight excluding hydrogens is 204 g/mol. The van der Waals surface area contributed by atoms with Crippen LogP contribution in [0.25, 0.3) is 0 Å². The maximum atomic E-state index is 11.4. The first kappa shape index (κ1) is 10.9. The average Bonchev–Trinajstić information content (AvgIpc) is 2.46. The number of hydrogen-bond donors (Lipinski definition) is 0. The summed E-state index contributed by atoms with van der Waals surface area (Å²) in [6, 6.07) is 0. The number of carbonyl (C=O) groups is 1. The molecule has 0 N–H and O–H groups in total. The van der Waals surface area contributed by atoms with Crippen molar-refractivity contribution < 1.29 is 13.2 Å². The zero-order chi connectivity index (χ0) is 10.8. The van der Waals surface area contributed by atoms with E-state index in [1.807, 2.05) is 0 Å². The van der Waals surface area contributed by atoms with Gasteiger partial charge < -0.3 is 4.57 Å². The Hall–Kier alpha value is -1.17. The van der Waals surface area contributed by atoms with Crippen LogP contribution in [0.2, 0.25) is 0 Å². The number of aromatic nitrogens is 2. The quantitative estimate of drug-likeness (QED) is 0.666. The van der Waals surface area contributed by atoms with Gasteiger partial charge in [0.25, 0.3) is 0 Å². The van der Waals surface area contributed by atoms with E-state index in [1.165, 1.54) is 6.20 Å². The summed E-state index contributed by atoms with van der Waals surface area (Å²) in [4.78, 5) is 15.3. The van der Waals surface area contributed by atoms with Crippen LogP contribution in [0, 0.1) is 0 Å². The van der Waals surface area contributed by atoms with Gasteiger partial charge in [0, 0.05) is 32.1 Å². The van der Waals surface area contributed by atoms with Gasteiger partial charge in [-0.3, -0.25) is 4.79 Å². The highest BCUT2D eigenvalue weighted by Gasteiger charge is 2.13. The van der Waals surface area contributed by atoms with Crippen LogP contribution in [0.4, 0.5) is 0 Å². The van der Waals surface area contributed by atoms with Crippen molar-refractivity contribution in [3.05, 3.63) is 18.2 Å². The highest BCUT2D eigenvalue weighted by atomic mass is 32.2. The molecule has 0 radical (unpaired) electrons. The Bertz CT molecular complexity index is 433. The van der Waals surface area contributed by atoms with Crippen LogP contribution in [-0.2, 0) is 16.9 Å². The van der Waals surface area contributed by atoms with Gasteiger partial charge >= 0.3 is 0 Å². The highest BCUT2D eigenvalue weighted by molar-refractivity contribution is 7.90. The molecule has 0 aliphatic carbocycles. The highest BCUT2D eigenvalue weighted by Crippen LogP contribution is 2.01. The Labute approximate surface area is 82.7 Å². The molecule has 1 rings (SSSR count). The van der Waals surface area contributed by atoms with Gasteiger partial charge in [0.15, 0.2) is 11.6 Å². The third-order valence-electron chi connectivity index (χ3n) is 1.77. The Morgan fingerprint density at radius 2 is 2.21 bits per heavy atom. The van der Waals surface area contributed by atoms with Crippen LogP contribution in [-0.4, -0.2) is 35.8 Å². The lowest BCUT2D eigenvalue weighted by molar-refractivity contribution is 0.0976. The summed E-state index contributed by atoms with van der Waals surface area (Å²) < 4.78 is 23.2. The number of sulfone groups is 1. The van der Waals surface area contributed by atoms with E-state index < -0.39 is 9.84 Å². The average molecular weight is 216 g/mol. The van der Waals surface area contributed by atoms with Crippen molar-refractivity contribution in [3.8, 4) is 0 Å². The molecular formula is C8H12N2O3S. The van der Waals surface area contributed by atoms with Gasteiger partial charge in [-0.05, 0) is 0 Å². The first-order valence-corrected chi connectivity index (χ1v) is 6.14. The van der Waals surface area contributed by atoms with Gasteiger partial charge in [0.1, 0.15) is 9.84 Å². The summed E-state index contributed by atoms with van der Waals surface area (Å²) in [5.74, 6) is -0.0739. The minimum atomic E-state index is -3.08. The summed E-state index contributed by atoms with van der Waals surface area (Å²) in [7, 11) is -1.39. The van der Waals surface area contributed by atoms with E-state index in [0.717, 1.165) is 6.26 Å². The van der Waals surface area contributed by atoms with Crippen molar-refractivity contribution >= 4 is 15.6 Å². The fourth-order valence-corrected chi connectivity index (χ4v) is 1.58. The maximum absolute atomic E-state index is 11.4.